The molecule has 1 aromatic carbocycles. The molecule has 3 rings (SSSR count). The average Bonchev–Trinajstić information content (AvgIpc) is 3.16. The van der Waals surface area contributed by atoms with Gasteiger partial charge in [-0.05, 0) is 30.5 Å². The van der Waals surface area contributed by atoms with Gasteiger partial charge in [-0.15, -0.1) is 0 Å². The highest BCUT2D eigenvalue weighted by atomic mass is 19.1. The number of fused-ring (bicyclic) bond motifs is 1. The fraction of sp³-hybridized carbons (Fsp3) is 0.400. The van der Waals surface area contributed by atoms with Crippen molar-refractivity contribution in [3.63, 3.8) is 0 Å². The second-order valence-electron chi connectivity index (χ2n) is 6.23. The van der Waals surface area contributed by atoms with E-state index in [9.17, 15) is 29.0 Å². The quantitative estimate of drug-likeness (QED) is 0.540. The molecular formula is C15H16FN3O5. The molecule has 0 unspecified atom stereocenters. The number of halogens is 1. The fourth-order valence-corrected chi connectivity index (χ4v) is 3.73. The summed E-state index contributed by atoms with van der Waals surface area (Å²) in [6.07, 6.45) is -0.0575. The van der Waals surface area contributed by atoms with Gasteiger partial charge in [0.15, 0.2) is 0 Å². The Balaban J connectivity index is 1.70. The molecule has 2 aliphatic carbocycles. The van der Waals surface area contributed by atoms with Crippen molar-refractivity contribution >= 4 is 23.7 Å². The number of urea groups is 1. The van der Waals surface area contributed by atoms with E-state index in [1.54, 1.807) is 0 Å². The van der Waals surface area contributed by atoms with Crippen LogP contribution in [0.4, 0.5) is 14.9 Å². The number of aliphatic carboxylic acids is 2. The largest absolute Gasteiger partial charge is 0.481 e. The van der Waals surface area contributed by atoms with Crippen molar-refractivity contribution < 1.29 is 29.0 Å². The first-order valence-electron chi connectivity index (χ1n) is 7.32. The predicted octanol–water partition coefficient (Wildman–Crippen LogP) is 0.448. The second-order valence-corrected chi connectivity index (χ2v) is 6.23. The number of carboxylic acids is 2. The van der Waals surface area contributed by atoms with E-state index in [-0.39, 0.29) is 12.1 Å². The summed E-state index contributed by atoms with van der Waals surface area (Å²) in [5.74, 6) is -5.06. The second kappa shape index (κ2) is 5.45. The number of nitrogens with two attached hydrogens (primary N) is 1. The van der Waals surface area contributed by atoms with Gasteiger partial charge in [0.05, 0.1) is 5.92 Å². The lowest BCUT2D eigenvalue weighted by molar-refractivity contribution is -0.145. The van der Waals surface area contributed by atoms with E-state index in [0.717, 1.165) is 6.07 Å². The highest BCUT2D eigenvalue weighted by Gasteiger charge is 2.74. The summed E-state index contributed by atoms with van der Waals surface area (Å²) >= 11 is 0. The third-order valence-corrected chi connectivity index (χ3v) is 4.77. The van der Waals surface area contributed by atoms with Crippen LogP contribution in [-0.2, 0) is 9.59 Å². The van der Waals surface area contributed by atoms with Crippen molar-refractivity contribution in [1.29, 1.82) is 0 Å². The van der Waals surface area contributed by atoms with Crippen molar-refractivity contribution in [1.82, 2.24) is 5.32 Å². The van der Waals surface area contributed by atoms with Crippen molar-refractivity contribution in [3.05, 3.63) is 30.1 Å². The molecule has 6 N–H and O–H groups in total. The van der Waals surface area contributed by atoms with Gasteiger partial charge in [-0.3, -0.25) is 9.59 Å². The molecule has 0 heterocycles. The number of carbonyl (C=O) groups excluding carboxylic acids is 1. The Hall–Kier alpha value is -2.68. The summed E-state index contributed by atoms with van der Waals surface area (Å²) in [5, 5.41) is 23.4. The van der Waals surface area contributed by atoms with E-state index >= 15 is 0 Å². The molecular weight excluding hydrogens is 321 g/mol. The third kappa shape index (κ3) is 2.56. The van der Waals surface area contributed by atoms with Gasteiger partial charge >= 0.3 is 18.0 Å². The Morgan fingerprint density at radius 3 is 2.58 bits per heavy atom. The molecule has 0 bridgehead atoms. The highest BCUT2D eigenvalue weighted by molar-refractivity contribution is 5.90. The lowest BCUT2D eigenvalue weighted by Gasteiger charge is -2.25. The SMILES string of the molecule is N[C@]1(C(=O)O)C[C@@H](NC(=O)Nc2cccc(F)c2)[C@@H]2[C@@H](C(=O)O)[C@H]21. The van der Waals surface area contributed by atoms with Crippen LogP contribution in [0.3, 0.4) is 0 Å². The Morgan fingerprint density at radius 1 is 1.29 bits per heavy atom. The first kappa shape index (κ1) is 16.2. The minimum Gasteiger partial charge on any atom is -0.481 e. The van der Waals surface area contributed by atoms with Gasteiger partial charge in [0.2, 0.25) is 0 Å². The molecule has 2 fully saturated rings. The summed E-state index contributed by atoms with van der Waals surface area (Å²) in [5.41, 5.74) is 4.42. The molecule has 2 aliphatic rings. The molecule has 0 aliphatic heterocycles. The molecule has 24 heavy (non-hydrogen) atoms. The number of carboxylic acid groups (broad SMARTS) is 2. The first-order chi connectivity index (χ1) is 11.2. The predicted molar refractivity (Wildman–Crippen MR) is 79.6 cm³/mol. The van der Waals surface area contributed by atoms with Crippen molar-refractivity contribution in [3.8, 4) is 0 Å². The summed E-state index contributed by atoms with van der Waals surface area (Å²) in [4.78, 5) is 34.6. The molecule has 0 radical (unpaired) electrons. The fourth-order valence-electron chi connectivity index (χ4n) is 3.73. The van der Waals surface area contributed by atoms with Crippen LogP contribution in [0.1, 0.15) is 6.42 Å². The Kier molecular flexibility index (Phi) is 3.67. The maximum Gasteiger partial charge on any atom is 0.324 e. The number of hydrogen-bond donors (Lipinski definition) is 5. The molecule has 9 heteroatoms. The topological polar surface area (TPSA) is 142 Å². The minimum absolute atomic E-state index is 0.0575. The molecule has 2 amide bonds. The van der Waals surface area contributed by atoms with Crippen molar-refractivity contribution in [2.45, 2.75) is 18.0 Å². The van der Waals surface area contributed by atoms with Gasteiger partial charge in [-0.25, -0.2) is 9.18 Å². The van der Waals surface area contributed by atoms with Crippen LogP contribution < -0.4 is 16.4 Å². The standard InChI is InChI=1S/C15H16FN3O5/c16-6-2-1-3-7(4-6)18-14(24)19-8-5-15(17,13(22)23)11-9(8)10(11)12(20)21/h1-4,8-11H,5,17H2,(H,20,21)(H,22,23)(H2,18,19,24)/t8-,9-,10-,11+,15-/m1/s1. The molecule has 8 nitrogen and oxygen atoms in total. The average molecular weight is 337 g/mol. The van der Waals surface area contributed by atoms with Gasteiger partial charge in [-0.2, -0.15) is 0 Å². The van der Waals surface area contributed by atoms with Gasteiger partial charge in [0.1, 0.15) is 11.4 Å². The molecule has 0 aromatic heterocycles. The lowest BCUT2D eigenvalue weighted by Crippen LogP contribution is -2.52. The van der Waals surface area contributed by atoms with Crippen LogP contribution >= 0.6 is 0 Å². The van der Waals surface area contributed by atoms with Gasteiger partial charge in [-0.1, -0.05) is 6.07 Å². The van der Waals surface area contributed by atoms with E-state index in [1.165, 1.54) is 18.2 Å². The number of hydrogen-bond acceptors (Lipinski definition) is 4. The molecule has 2 saturated carbocycles. The Morgan fingerprint density at radius 2 is 2.00 bits per heavy atom. The Labute approximate surface area is 135 Å². The van der Waals surface area contributed by atoms with Crippen LogP contribution in [0.25, 0.3) is 0 Å². The molecule has 128 valence electrons. The number of amides is 2. The monoisotopic (exact) mass is 337 g/mol. The van der Waals surface area contributed by atoms with Crippen LogP contribution in [0.5, 0.6) is 0 Å². The molecule has 0 saturated heterocycles. The number of anilines is 1. The number of rotatable bonds is 4. The van der Waals surface area contributed by atoms with Gasteiger partial charge in [0, 0.05) is 17.6 Å². The van der Waals surface area contributed by atoms with Crippen LogP contribution in [0.15, 0.2) is 24.3 Å². The van der Waals surface area contributed by atoms with Gasteiger partial charge in [0.25, 0.3) is 0 Å². The number of carbonyl (C=O) groups is 3. The molecule has 5 atom stereocenters. The van der Waals surface area contributed by atoms with E-state index in [1.807, 2.05) is 0 Å². The first-order valence-corrected chi connectivity index (χ1v) is 7.32. The minimum atomic E-state index is -1.68. The van der Waals surface area contributed by atoms with Crippen molar-refractivity contribution in [2.24, 2.45) is 23.5 Å². The Bertz CT molecular complexity index is 727. The van der Waals surface area contributed by atoms with Crippen molar-refractivity contribution in [2.75, 3.05) is 5.32 Å². The number of benzene rings is 1. The summed E-state index contributed by atoms with van der Waals surface area (Å²) in [6.45, 7) is 0. The molecule has 0 spiro atoms. The summed E-state index contributed by atoms with van der Waals surface area (Å²) < 4.78 is 13.1. The smallest absolute Gasteiger partial charge is 0.324 e. The zero-order chi connectivity index (χ0) is 17.6. The maximum absolute atomic E-state index is 13.1. The van der Waals surface area contributed by atoms with E-state index in [4.69, 9.17) is 5.73 Å². The summed E-state index contributed by atoms with van der Waals surface area (Å²) in [7, 11) is 0. The van der Waals surface area contributed by atoms with Crippen LogP contribution in [0, 0.1) is 23.6 Å². The van der Waals surface area contributed by atoms with E-state index in [0.29, 0.717) is 0 Å². The van der Waals surface area contributed by atoms with E-state index < -0.39 is 53.1 Å². The zero-order valence-corrected chi connectivity index (χ0v) is 12.4. The highest BCUT2D eigenvalue weighted by Crippen LogP contribution is 2.61. The van der Waals surface area contributed by atoms with Gasteiger partial charge < -0.3 is 26.6 Å². The van der Waals surface area contributed by atoms with Crippen LogP contribution in [0.2, 0.25) is 0 Å². The zero-order valence-electron chi connectivity index (χ0n) is 12.4. The molecule has 1 aromatic rings. The summed E-state index contributed by atoms with van der Waals surface area (Å²) in [6, 6.07) is 3.91. The van der Waals surface area contributed by atoms with E-state index in [2.05, 4.69) is 10.6 Å². The van der Waals surface area contributed by atoms with Crippen LogP contribution in [-0.4, -0.2) is 39.8 Å². The normalized spacial score (nSPS) is 33.4. The maximum atomic E-state index is 13.1. The number of nitrogens with one attached hydrogen (secondary N) is 2. The third-order valence-electron chi connectivity index (χ3n) is 4.77. The lowest BCUT2D eigenvalue weighted by atomic mass is 9.90.